The van der Waals surface area contributed by atoms with E-state index in [1.165, 1.54) is 30.8 Å². The molecule has 1 saturated carbocycles. The summed E-state index contributed by atoms with van der Waals surface area (Å²) < 4.78 is 0. The van der Waals surface area contributed by atoms with Gasteiger partial charge in [0.25, 0.3) is 11.8 Å². The van der Waals surface area contributed by atoms with Crippen LogP contribution in [0.5, 0.6) is 0 Å². The Morgan fingerprint density at radius 2 is 1.58 bits per heavy atom. The highest BCUT2D eigenvalue weighted by molar-refractivity contribution is 6.40. The van der Waals surface area contributed by atoms with Crippen LogP contribution in [-0.4, -0.2) is 65.0 Å². The molecule has 0 aliphatic heterocycles. The first-order chi connectivity index (χ1) is 20.6. The third-order valence-electron chi connectivity index (χ3n) is 7.57. The topological polar surface area (TPSA) is 132 Å². The van der Waals surface area contributed by atoms with Crippen LogP contribution in [0.1, 0.15) is 58.4 Å². The number of anilines is 2. The number of hydrogen-bond donors (Lipinski definition) is 3. The molecule has 226 valence electrons. The Balaban J connectivity index is 1.42. The molecule has 43 heavy (non-hydrogen) atoms. The molecule has 0 saturated heterocycles. The molecule has 1 aliphatic rings. The number of halogens is 2. The highest BCUT2D eigenvalue weighted by Crippen LogP contribution is 2.27. The van der Waals surface area contributed by atoms with Crippen molar-refractivity contribution in [2.24, 2.45) is 0 Å². The summed E-state index contributed by atoms with van der Waals surface area (Å²) in [5, 5.41) is 15.3. The number of aliphatic carboxylic acids is 1. The lowest BCUT2D eigenvalue weighted by Gasteiger charge is -2.32. The molecule has 1 aliphatic carbocycles. The number of nitrogens with zero attached hydrogens (tertiary/aromatic N) is 3. The van der Waals surface area contributed by atoms with Crippen molar-refractivity contribution in [1.82, 2.24) is 15.2 Å². The summed E-state index contributed by atoms with van der Waals surface area (Å²) in [5.41, 5.74) is 1.88. The fraction of sp³-hybridized carbons (Fsp3) is 0.323. The summed E-state index contributed by atoms with van der Waals surface area (Å²) in [7, 11) is 3.29. The van der Waals surface area contributed by atoms with E-state index >= 15 is 0 Å². The minimum Gasteiger partial charge on any atom is -0.480 e. The molecule has 4 rings (SSSR count). The number of rotatable bonds is 9. The molecule has 1 aromatic heterocycles. The number of carbonyl (C=O) groups is 4. The average Bonchev–Trinajstić information content (AvgIpc) is 3.00. The van der Waals surface area contributed by atoms with Gasteiger partial charge in [0.1, 0.15) is 6.04 Å². The lowest BCUT2D eigenvalue weighted by atomic mass is 9.94. The van der Waals surface area contributed by atoms with E-state index in [4.69, 9.17) is 23.2 Å². The van der Waals surface area contributed by atoms with Gasteiger partial charge >= 0.3 is 12.0 Å². The van der Waals surface area contributed by atoms with Crippen LogP contribution in [0.15, 0.2) is 60.9 Å². The zero-order chi connectivity index (χ0) is 31.1. The maximum Gasteiger partial charge on any atom is 0.326 e. The van der Waals surface area contributed by atoms with Crippen LogP contribution in [-0.2, 0) is 11.2 Å². The predicted octanol–water partition coefficient (Wildman–Crippen LogP) is 5.89. The summed E-state index contributed by atoms with van der Waals surface area (Å²) in [6.45, 7) is 0. The number of nitrogens with one attached hydrogen (secondary N) is 2. The predicted molar refractivity (Wildman–Crippen MR) is 166 cm³/mol. The van der Waals surface area contributed by atoms with Crippen LogP contribution in [0.25, 0.3) is 0 Å². The van der Waals surface area contributed by atoms with Crippen molar-refractivity contribution >= 4 is 58.4 Å². The second-order valence-electron chi connectivity index (χ2n) is 10.5. The summed E-state index contributed by atoms with van der Waals surface area (Å²) >= 11 is 12.1. The maximum absolute atomic E-state index is 13.4. The number of para-hydroxylation sites is 1. The first-order valence-electron chi connectivity index (χ1n) is 13.9. The molecule has 1 heterocycles. The van der Waals surface area contributed by atoms with Gasteiger partial charge in [0.05, 0.1) is 26.9 Å². The Labute approximate surface area is 260 Å². The van der Waals surface area contributed by atoms with Gasteiger partial charge in [-0.05, 0) is 42.7 Å². The molecular formula is C31H33Cl2N5O5. The van der Waals surface area contributed by atoms with Gasteiger partial charge in [-0.2, -0.15) is 0 Å². The van der Waals surface area contributed by atoms with E-state index in [2.05, 4.69) is 15.6 Å². The van der Waals surface area contributed by atoms with E-state index in [0.717, 1.165) is 25.7 Å². The van der Waals surface area contributed by atoms with Crippen molar-refractivity contribution in [2.45, 2.75) is 50.6 Å². The van der Waals surface area contributed by atoms with Gasteiger partial charge in [-0.3, -0.25) is 19.5 Å². The number of carbonyl (C=O) groups excluding carboxylic acids is 3. The van der Waals surface area contributed by atoms with Gasteiger partial charge in [-0.1, -0.05) is 66.7 Å². The molecular weight excluding hydrogens is 593 g/mol. The van der Waals surface area contributed by atoms with Crippen molar-refractivity contribution in [3.8, 4) is 0 Å². The number of carboxylic acid groups (broad SMARTS) is 1. The average molecular weight is 627 g/mol. The van der Waals surface area contributed by atoms with E-state index in [-0.39, 0.29) is 34.0 Å². The zero-order valence-electron chi connectivity index (χ0n) is 23.8. The molecule has 0 bridgehead atoms. The first-order valence-corrected chi connectivity index (χ1v) is 14.6. The number of carboxylic acids is 1. The van der Waals surface area contributed by atoms with Gasteiger partial charge in [0, 0.05) is 44.6 Å². The molecule has 0 radical (unpaired) electrons. The quantitative estimate of drug-likeness (QED) is 0.272. The molecule has 1 atom stereocenters. The fourth-order valence-electron chi connectivity index (χ4n) is 5.11. The third-order valence-corrected chi connectivity index (χ3v) is 8.14. The lowest BCUT2D eigenvalue weighted by molar-refractivity contribution is -0.139. The molecule has 4 amide bonds. The minimum absolute atomic E-state index is 0.0177. The molecule has 0 spiro atoms. The molecule has 2 aromatic carbocycles. The Hall–Kier alpha value is -4.15. The van der Waals surface area contributed by atoms with Crippen molar-refractivity contribution in [3.05, 3.63) is 87.7 Å². The fourth-order valence-corrected chi connectivity index (χ4v) is 5.64. The first kappa shape index (κ1) is 31.8. The van der Waals surface area contributed by atoms with Gasteiger partial charge in [0.2, 0.25) is 0 Å². The smallest absolute Gasteiger partial charge is 0.326 e. The second kappa shape index (κ2) is 14.3. The normalized spacial score (nSPS) is 14.0. The molecule has 1 fully saturated rings. The SMILES string of the molecule is CN(C(=O)N[C@@H](Cc1ccc(NC(=O)c2c(Cl)cncc2Cl)cc1)C(=O)O)c1ccccc1C(=O)N(C)C1CCCCC1. The number of urea groups is 1. The number of amides is 4. The van der Waals surface area contributed by atoms with Crippen molar-refractivity contribution in [2.75, 3.05) is 24.3 Å². The third kappa shape index (κ3) is 7.82. The molecule has 3 N–H and O–H groups in total. The number of benzene rings is 2. The van der Waals surface area contributed by atoms with Crippen LogP contribution in [0.4, 0.5) is 16.2 Å². The molecule has 12 heteroatoms. The highest BCUT2D eigenvalue weighted by atomic mass is 35.5. The minimum atomic E-state index is -1.25. The standard InChI is InChI=1S/C31H33Cl2N5O5/c1-37(21-8-4-3-5-9-21)29(40)22-10-6-7-11-26(22)38(2)31(43)36-25(30(41)42)16-19-12-14-20(15-13-19)35-28(39)27-23(32)17-34-18-24(27)33/h6-7,10-15,17-18,21,25H,3-5,8-9,16H2,1-2H3,(H,35,39)(H,36,43)(H,41,42)/t25-/m0/s1. The summed E-state index contributed by atoms with van der Waals surface area (Å²) in [6.07, 6.45) is 7.83. The Bertz CT molecular complexity index is 1470. The van der Waals surface area contributed by atoms with Gasteiger partial charge in [-0.15, -0.1) is 0 Å². The summed E-state index contributed by atoms with van der Waals surface area (Å²) in [5.74, 6) is -1.92. The second-order valence-corrected chi connectivity index (χ2v) is 11.3. The van der Waals surface area contributed by atoms with Crippen molar-refractivity contribution in [1.29, 1.82) is 0 Å². The summed E-state index contributed by atoms with van der Waals surface area (Å²) in [6, 6.07) is 11.5. The lowest BCUT2D eigenvalue weighted by Crippen LogP contribution is -2.48. The number of pyridine rings is 1. The number of hydrogen-bond acceptors (Lipinski definition) is 5. The zero-order valence-corrected chi connectivity index (χ0v) is 25.4. The Kier molecular flexibility index (Phi) is 10.6. The van der Waals surface area contributed by atoms with Crippen LogP contribution in [0, 0.1) is 0 Å². The van der Waals surface area contributed by atoms with Crippen molar-refractivity contribution in [3.63, 3.8) is 0 Å². The number of aromatic nitrogens is 1. The molecule has 3 aromatic rings. The highest BCUT2D eigenvalue weighted by Gasteiger charge is 2.28. The maximum atomic E-state index is 13.4. The van der Waals surface area contributed by atoms with Gasteiger partial charge in [0.15, 0.2) is 0 Å². The van der Waals surface area contributed by atoms with Crippen molar-refractivity contribution < 1.29 is 24.3 Å². The van der Waals surface area contributed by atoms with E-state index in [0.29, 0.717) is 22.5 Å². The monoisotopic (exact) mass is 625 g/mol. The van der Waals surface area contributed by atoms with E-state index in [9.17, 15) is 24.3 Å². The van der Waals surface area contributed by atoms with Crippen LogP contribution in [0.3, 0.4) is 0 Å². The van der Waals surface area contributed by atoms with Crippen LogP contribution < -0.4 is 15.5 Å². The largest absolute Gasteiger partial charge is 0.480 e. The van der Waals surface area contributed by atoms with Gasteiger partial charge in [-0.25, -0.2) is 9.59 Å². The Morgan fingerprint density at radius 1 is 0.953 bits per heavy atom. The van der Waals surface area contributed by atoms with Gasteiger partial charge < -0.3 is 20.6 Å². The van der Waals surface area contributed by atoms with E-state index in [1.807, 2.05) is 0 Å². The molecule has 10 nitrogen and oxygen atoms in total. The van der Waals surface area contributed by atoms with Crippen LogP contribution in [0.2, 0.25) is 10.0 Å². The van der Waals surface area contributed by atoms with E-state index in [1.54, 1.807) is 60.5 Å². The van der Waals surface area contributed by atoms with E-state index < -0.39 is 23.9 Å². The Morgan fingerprint density at radius 3 is 2.21 bits per heavy atom. The summed E-state index contributed by atoms with van der Waals surface area (Å²) in [4.78, 5) is 58.2. The van der Waals surface area contributed by atoms with Crippen LogP contribution >= 0.6 is 23.2 Å². The molecule has 0 unspecified atom stereocenters.